The van der Waals surface area contributed by atoms with E-state index in [4.69, 9.17) is 11.6 Å². The van der Waals surface area contributed by atoms with E-state index in [2.05, 4.69) is 43.4 Å². The maximum atomic E-state index is 5.82. The third kappa shape index (κ3) is 5.94. The molecule has 1 N–H and O–H groups in total. The number of hydrogen-bond donors (Lipinski definition) is 1. The zero-order valence-electron chi connectivity index (χ0n) is 10.0. The molecular weight excluding hydrogens is 218 g/mol. The van der Waals surface area contributed by atoms with Crippen LogP contribution in [0, 0.1) is 0 Å². The van der Waals surface area contributed by atoms with Crippen LogP contribution in [0.25, 0.3) is 0 Å². The van der Waals surface area contributed by atoms with Gasteiger partial charge in [0.1, 0.15) is 0 Å². The van der Waals surface area contributed by atoms with Crippen LogP contribution >= 0.6 is 11.6 Å². The lowest BCUT2D eigenvalue weighted by atomic mass is 10.1. The van der Waals surface area contributed by atoms with Gasteiger partial charge < -0.3 is 5.32 Å². The Hall–Kier alpha value is -0.790. The van der Waals surface area contributed by atoms with Crippen molar-refractivity contribution in [1.82, 2.24) is 5.32 Å². The highest BCUT2D eigenvalue weighted by molar-refractivity contribution is 6.30. The van der Waals surface area contributed by atoms with E-state index in [1.807, 2.05) is 12.1 Å². The van der Waals surface area contributed by atoms with Crippen molar-refractivity contribution in [2.24, 2.45) is 0 Å². The first kappa shape index (κ1) is 13.3. The average molecular weight is 238 g/mol. The third-order valence-corrected chi connectivity index (χ3v) is 2.55. The van der Waals surface area contributed by atoms with Crippen molar-refractivity contribution in [1.29, 1.82) is 0 Å². The first-order valence-electron chi connectivity index (χ1n) is 5.81. The summed E-state index contributed by atoms with van der Waals surface area (Å²) in [6.07, 6.45) is 6.51. The fourth-order valence-corrected chi connectivity index (χ4v) is 1.54. The minimum Gasteiger partial charge on any atom is -0.314 e. The van der Waals surface area contributed by atoms with Crippen LogP contribution < -0.4 is 5.32 Å². The predicted octanol–water partition coefficient (Wildman–Crippen LogP) is 3.83. The van der Waals surface area contributed by atoms with Crippen LogP contribution in [0.1, 0.15) is 25.8 Å². The van der Waals surface area contributed by atoms with Gasteiger partial charge in [-0.2, -0.15) is 0 Å². The van der Waals surface area contributed by atoms with Crippen molar-refractivity contribution in [2.45, 2.75) is 32.7 Å². The summed E-state index contributed by atoms with van der Waals surface area (Å²) in [6, 6.07) is 8.58. The zero-order valence-corrected chi connectivity index (χ0v) is 10.8. The molecular formula is C14H20ClN. The predicted molar refractivity (Wildman–Crippen MR) is 72.1 cm³/mol. The van der Waals surface area contributed by atoms with Gasteiger partial charge in [0.05, 0.1) is 0 Å². The maximum Gasteiger partial charge on any atom is 0.0406 e. The van der Waals surface area contributed by atoms with E-state index in [1.54, 1.807) is 0 Å². The maximum absolute atomic E-state index is 5.82. The van der Waals surface area contributed by atoms with E-state index in [-0.39, 0.29) is 0 Å². The standard InChI is InChI=1S/C14H20ClN/c1-12(2)16-11-5-3-4-6-13-7-9-14(15)10-8-13/h3-4,7-10,12,16H,5-6,11H2,1-2H3. The molecule has 0 unspecified atom stereocenters. The van der Waals surface area contributed by atoms with Crippen LogP contribution in [-0.2, 0) is 6.42 Å². The molecule has 0 aliphatic carbocycles. The lowest BCUT2D eigenvalue weighted by molar-refractivity contribution is 0.594. The Kier molecular flexibility index (Phi) is 6.20. The van der Waals surface area contributed by atoms with Crippen LogP contribution in [0.4, 0.5) is 0 Å². The molecule has 2 heteroatoms. The Morgan fingerprint density at radius 3 is 2.50 bits per heavy atom. The summed E-state index contributed by atoms with van der Waals surface area (Å²) in [5, 5.41) is 4.18. The molecule has 1 rings (SSSR count). The largest absolute Gasteiger partial charge is 0.314 e. The highest BCUT2D eigenvalue weighted by Crippen LogP contribution is 2.10. The van der Waals surface area contributed by atoms with Crippen LogP contribution in [0.3, 0.4) is 0 Å². The monoisotopic (exact) mass is 237 g/mol. The van der Waals surface area contributed by atoms with Crippen LogP contribution in [-0.4, -0.2) is 12.6 Å². The summed E-state index contributed by atoms with van der Waals surface area (Å²) in [7, 11) is 0. The summed E-state index contributed by atoms with van der Waals surface area (Å²) in [4.78, 5) is 0. The fourth-order valence-electron chi connectivity index (χ4n) is 1.41. The van der Waals surface area contributed by atoms with E-state index < -0.39 is 0 Å². The SMILES string of the molecule is CC(C)NCCC=CCc1ccc(Cl)cc1. The van der Waals surface area contributed by atoms with Gasteiger partial charge in [0.2, 0.25) is 0 Å². The molecule has 0 amide bonds. The highest BCUT2D eigenvalue weighted by atomic mass is 35.5. The number of allylic oxidation sites excluding steroid dienone is 1. The average Bonchev–Trinajstić information content (AvgIpc) is 2.25. The second-order valence-electron chi connectivity index (χ2n) is 4.20. The van der Waals surface area contributed by atoms with Gasteiger partial charge in [0.25, 0.3) is 0 Å². The molecule has 0 bridgehead atoms. The van der Waals surface area contributed by atoms with Gasteiger partial charge in [-0.15, -0.1) is 0 Å². The Morgan fingerprint density at radius 2 is 1.88 bits per heavy atom. The Bertz CT molecular complexity index is 314. The van der Waals surface area contributed by atoms with Crippen molar-refractivity contribution in [3.63, 3.8) is 0 Å². The van der Waals surface area contributed by atoms with Crippen LogP contribution in [0.2, 0.25) is 5.02 Å². The molecule has 0 saturated heterocycles. The van der Waals surface area contributed by atoms with E-state index in [1.165, 1.54) is 5.56 Å². The lowest BCUT2D eigenvalue weighted by Crippen LogP contribution is -2.23. The van der Waals surface area contributed by atoms with E-state index in [0.717, 1.165) is 24.4 Å². The molecule has 0 aliphatic heterocycles. The Morgan fingerprint density at radius 1 is 1.19 bits per heavy atom. The van der Waals surface area contributed by atoms with Gasteiger partial charge in [0.15, 0.2) is 0 Å². The molecule has 0 spiro atoms. The van der Waals surface area contributed by atoms with Crippen LogP contribution in [0.15, 0.2) is 36.4 Å². The Balaban J connectivity index is 2.19. The molecule has 0 aromatic heterocycles. The number of hydrogen-bond acceptors (Lipinski definition) is 1. The molecule has 88 valence electrons. The van der Waals surface area contributed by atoms with Gasteiger partial charge in [-0.3, -0.25) is 0 Å². The van der Waals surface area contributed by atoms with Gasteiger partial charge in [0, 0.05) is 11.1 Å². The van der Waals surface area contributed by atoms with Crippen molar-refractivity contribution >= 4 is 11.6 Å². The van der Waals surface area contributed by atoms with E-state index >= 15 is 0 Å². The first-order chi connectivity index (χ1) is 7.68. The second-order valence-corrected chi connectivity index (χ2v) is 4.64. The summed E-state index contributed by atoms with van der Waals surface area (Å²) in [5.74, 6) is 0. The molecule has 0 heterocycles. The van der Waals surface area contributed by atoms with Crippen molar-refractivity contribution in [3.05, 3.63) is 47.0 Å². The molecule has 0 atom stereocenters. The van der Waals surface area contributed by atoms with Crippen molar-refractivity contribution in [2.75, 3.05) is 6.54 Å². The lowest BCUT2D eigenvalue weighted by Gasteiger charge is -2.04. The molecule has 16 heavy (non-hydrogen) atoms. The minimum absolute atomic E-state index is 0.574. The van der Waals surface area contributed by atoms with Gasteiger partial charge in [-0.1, -0.05) is 49.7 Å². The number of rotatable bonds is 6. The molecule has 1 nitrogen and oxygen atoms in total. The summed E-state index contributed by atoms with van der Waals surface area (Å²) in [6.45, 7) is 5.38. The fraction of sp³-hybridized carbons (Fsp3) is 0.429. The molecule has 0 saturated carbocycles. The highest BCUT2D eigenvalue weighted by Gasteiger charge is 1.90. The molecule has 0 aliphatic rings. The van der Waals surface area contributed by atoms with E-state index in [0.29, 0.717) is 6.04 Å². The van der Waals surface area contributed by atoms with E-state index in [9.17, 15) is 0 Å². The normalized spacial score (nSPS) is 11.5. The number of nitrogens with one attached hydrogen (secondary N) is 1. The van der Waals surface area contributed by atoms with Crippen molar-refractivity contribution in [3.8, 4) is 0 Å². The molecule has 1 aromatic rings. The summed E-state index contributed by atoms with van der Waals surface area (Å²) < 4.78 is 0. The Labute approximate surface area is 104 Å². The first-order valence-corrected chi connectivity index (χ1v) is 6.19. The molecule has 0 fully saturated rings. The minimum atomic E-state index is 0.574. The molecule has 1 aromatic carbocycles. The quantitative estimate of drug-likeness (QED) is 0.586. The number of benzene rings is 1. The third-order valence-electron chi connectivity index (χ3n) is 2.30. The zero-order chi connectivity index (χ0) is 11.8. The summed E-state index contributed by atoms with van der Waals surface area (Å²) in [5.41, 5.74) is 1.30. The van der Waals surface area contributed by atoms with Crippen molar-refractivity contribution < 1.29 is 0 Å². The smallest absolute Gasteiger partial charge is 0.0406 e. The topological polar surface area (TPSA) is 12.0 Å². The van der Waals surface area contributed by atoms with Gasteiger partial charge in [-0.05, 0) is 37.1 Å². The van der Waals surface area contributed by atoms with Crippen LogP contribution in [0.5, 0.6) is 0 Å². The van der Waals surface area contributed by atoms with Gasteiger partial charge >= 0.3 is 0 Å². The molecule has 0 radical (unpaired) electrons. The number of halogens is 1. The van der Waals surface area contributed by atoms with Gasteiger partial charge in [-0.25, -0.2) is 0 Å². The second kappa shape index (κ2) is 7.48. The summed E-state index contributed by atoms with van der Waals surface area (Å²) >= 11 is 5.82.